The summed E-state index contributed by atoms with van der Waals surface area (Å²) in [5, 5.41) is 3.27. The van der Waals surface area contributed by atoms with Crippen LogP contribution >= 0.6 is 11.6 Å². The molecule has 2 aromatic rings. The highest BCUT2D eigenvalue weighted by atomic mass is 35.5. The van der Waals surface area contributed by atoms with E-state index in [1.54, 1.807) is 12.1 Å². The Morgan fingerprint density at radius 3 is 2.50 bits per heavy atom. The van der Waals surface area contributed by atoms with Crippen LogP contribution in [0.3, 0.4) is 0 Å². The Kier molecular flexibility index (Phi) is 5.83. The lowest BCUT2D eigenvalue weighted by molar-refractivity contribution is -0.121. The van der Waals surface area contributed by atoms with Gasteiger partial charge in [-0.2, -0.15) is 0 Å². The number of rotatable bonds is 6. The predicted octanol–water partition coefficient (Wildman–Crippen LogP) is 3.30. The normalized spacial score (nSPS) is 10.5. The van der Waals surface area contributed by atoms with Crippen molar-refractivity contribution < 1.29 is 13.6 Å². The molecule has 0 bridgehead atoms. The van der Waals surface area contributed by atoms with Gasteiger partial charge in [0.25, 0.3) is 0 Å². The number of nitrogens with zero attached hydrogens (tertiary/aromatic N) is 1. The van der Waals surface area contributed by atoms with Crippen LogP contribution in [0.1, 0.15) is 17.7 Å². The quantitative estimate of drug-likeness (QED) is 0.886. The van der Waals surface area contributed by atoms with E-state index in [1.807, 2.05) is 0 Å². The van der Waals surface area contributed by atoms with Crippen LogP contribution in [0.5, 0.6) is 0 Å². The van der Waals surface area contributed by atoms with Crippen LogP contribution in [0.4, 0.5) is 8.78 Å². The van der Waals surface area contributed by atoms with Crippen LogP contribution in [0.15, 0.2) is 36.5 Å². The van der Waals surface area contributed by atoms with Crippen molar-refractivity contribution in [1.29, 1.82) is 0 Å². The van der Waals surface area contributed by atoms with E-state index >= 15 is 0 Å². The van der Waals surface area contributed by atoms with Crippen LogP contribution in [-0.4, -0.2) is 17.4 Å². The van der Waals surface area contributed by atoms with Gasteiger partial charge in [-0.1, -0.05) is 11.6 Å². The summed E-state index contributed by atoms with van der Waals surface area (Å²) in [5.41, 5.74) is 1.30. The van der Waals surface area contributed by atoms with Crippen molar-refractivity contribution in [3.05, 3.63) is 64.4 Å². The minimum Gasteiger partial charge on any atom is -0.356 e. The molecule has 6 heteroatoms. The van der Waals surface area contributed by atoms with Gasteiger partial charge in [0.15, 0.2) is 0 Å². The number of aryl methyl sites for hydroxylation is 1. The third-order valence-corrected chi connectivity index (χ3v) is 3.28. The third-order valence-electron chi connectivity index (χ3n) is 3.06. The zero-order valence-corrected chi connectivity index (χ0v) is 12.5. The molecule has 0 aliphatic carbocycles. The molecular formula is C16H15ClF2N2O. The van der Waals surface area contributed by atoms with Crippen LogP contribution < -0.4 is 5.32 Å². The van der Waals surface area contributed by atoms with E-state index in [1.165, 1.54) is 18.3 Å². The molecular weight excluding hydrogens is 310 g/mol. The number of pyridine rings is 1. The number of hydrogen-bond donors (Lipinski definition) is 1. The second-order valence-electron chi connectivity index (χ2n) is 4.85. The largest absolute Gasteiger partial charge is 0.356 e. The van der Waals surface area contributed by atoms with E-state index in [0.29, 0.717) is 36.4 Å². The number of amides is 1. The monoisotopic (exact) mass is 324 g/mol. The third kappa shape index (κ3) is 5.41. The van der Waals surface area contributed by atoms with Crippen molar-refractivity contribution in [2.24, 2.45) is 0 Å². The molecule has 1 aromatic carbocycles. The van der Waals surface area contributed by atoms with Gasteiger partial charge in [-0.15, -0.1) is 0 Å². The number of carbonyl (C=O) groups is 1. The minimum absolute atomic E-state index is 0.131. The minimum atomic E-state index is -0.616. The standard InChI is InChI=1S/C16H15ClF2N2O/c17-12-1-2-15(21-10-12)3-4-16(22)20-6-5-11-7-13(18)9-14(19)8-11/h1-2,7-10H,3-6H2,(H,20,22). The molecule has 1 aromatic heterocycles. The first kappa shape index (κ1) is 16.4. The Hall–Kier alpha value is -2.01. The summed E-state index contributed by atoms with van der Waals surface area (Å²) in [7, 11) is 0. The van der Waals surface area contributed by atoms with Crippen molar-refractivity contribution in [3.63, 3.8) is 0 Å². The van der Waals surface area contributed by atoms with E-state index in [2.05, 4.69) is 10.3 Å². The molecule has 0 atom stereocenters. The Morgan fingerprint density at radius 2 is 1.86 bits per heavy atom. The summed E-state index contributed by atoms with van der Waals surface area (Å²) in [6.07, 6.45) is 2.72. The first-order valence-electron chi connectivity index (χ1n) is 6.85. The van der Waals surface area contributed by atoms with Gasteiger partial charge < -0.3 is 5.32 Å². The fraction of sp³-hybridized carbons (Fsp3) is 0.250. The van der Waals surface area contributed by atoms with Gasteiger partial charge in [0.2, 0.25) is 5.91 Å². The number of hydrogen-bond acceptors (Lipinski definition) is 2. The lowest BCUT2D eigenvalue weighted by Gasteiger charge is -2.06. The topological polar surface area (TPSA) is 42.0 Å². The number of benzene rings is 1. The van der Waals surface area contributed by atoms with Crippen LogP contribution in [0, 0.1) is 11.6 Å². The molecule has 1 amide bonds. The Labute approximate surface area is 132 Å². The molecule has 3 nitrogen and oxygen atoms in total. The van der Waals surface area contributed by atoms with Gasteiger partial charge in [-0.3, -0.25) is 9.78 Å². The maximum atomic E-state index is 13.0. The molecule has 0 aliphatic heterocycles. The maximum Gasteiger partial charge on any atom is 0.220 e. The van der Waals surface area contributed by atoms with Gasteiger partial charge in [0, 0.05) is 30.9 Å². The molecule has 0 fully saturated rings. The molecule has 0 radical (unpaired) electrons. The second kappa shape index (κ2) is 7.84. The van der Waals surface area contributed by atoms with E-state index in [0.717, 1.165) is 11.8 Å². The van der Waals surface area contributed by atoms with E-state index < -0.39 is 11.6 Å². The molecule has 0 spiro atoms. The van der Waals surface area contributed by atoms with Gasteiger partial charge in [0.1, 0.15) is 11.6 Å². The lowest BCUT2D eigenvalue weighted by atomic mass is 10.1. The molecule has 2 rings (SSSR count). The molecule has 1 heterocycles. The number of nitrogens with one attached hydrogen (secondary N) is 1. The van der Waals surface area contributed by atoms with Gasteiger partial charge in [0.05, 0.1) is 5.02 Å². The fourth-order valence-electron chi connectivity index (χ4n) is 1.99. The first-order chi connectivity index (χ1) is 10.5. The average Bonchev–Trinajstić information content (AvgIpc) is 2.46. The Balaban J connectivity index is 1.72. The van der Waals surface area contributed by atoms with Crippen molar-refractivity contribution in [1.82, 2.24) is 10.3 Å². The molecule has 116 valence electrons. The van der Waals surface area contributed by atoms with Crippen molar-refractivity contribution in [2.45, 2.75) is 19.3 Å². The lowest BCUT2D eigenvalue weighted by Crippen LogP contribution is -2.26. The SMILES string of the molecule is O=C(CCc1ccc(Cl)cn1)NCCc1cc(F)cc(F)c1. The fourth-order valence-corrected chi connectivity index (χ4v) is 2.10. The summed E-state index contributed by atoms with van der Waals surface area (Å²) >= 11 is 5.73. The highest BCUT2D eigenvalue weighted by molar-refractivity contribution is 6.30. The van der Waals surface area contributed by atoms with Crippen LogP contribution in [-0.2, 0) is 17.6 Å². The van der Waals surface area contributed by atoms with E-state index in [-0.39, 0.29) is 5.91 Å². The summed E-state index contributed by atoms with van der Waals surface area (Å²) in [4.78, 5) is 15.8. The Morgan fingerprint density at radius 1 is 1.14 bits per heavy atom. The Bertz CT molecular complexity index is 627. The predicted molar refractivity (Wildman–Crippen MR) is 80.6 cm³/mol. The molecule has 1 N–H and O–H groups in total. The van der Waals surface area contributed by atoms with E-state index in [4.69, 9.17) is 11.6 Å². The highest BCUT2D eigenvalue weighted by Crippen LogP contribution is 2.09. The molecule has 0 saturated carbocycles. The summed E-state index contributed by atoms with van der Waals surface area (Å²) in [6, 6.07) is 6.83. The summed E-state index contributed by atoms with van der Waals surface area (Å²) < 4.78 is 26.0. The van der Waals surface area contributed by atoms with Crippen LogP contribution in [0.2, 0.25) is 5.02 Å². The van der Waals surface area contributed by atoms with Crippen molar-refractivity contribution in [3.8, 4) is 0 Å². The molecule has 0 unspecified atom stereocenters. The van der Waals surface area contributed by atoms with E-state index in [9.17, 15) is 13.6 Å². The highest BCUT2D eigenvalue weighted by Gasteiger charge is 2.04. The molecule has 0 saturated heterocycles. The average molecular weight is 325 g/mol. The van der Waals surface area contributed by atoms with Crippen molar-refractivity contribution in [2.75, 3.05) is 6.54 Å². The first-order valence-corrected chi connectivity index (χ1v) is 7.23. The maximum absolute atomic E-state index is 13.0. The zero-order valence-electron chi connectivity index (χ0n) is 11.8. The summed E-state index contributed by atoms with van der Waals surface area (Å²) in [5.74, 6) is -1.36. The summed E-state index contributed by atoms with van der Waals surface area (Å²) in [6.45, 7) is 0.329. The molecule has 0 aliphatic rings. The number of aromatic nitrogens is 1. The van der Waals surface area contributed by atoms with Gasteiger partial charge >= 0.3 is 0 Å². The zero-order chi connectivity index (χ0) is 15.9. The number of halogens is 3. The van der Waals surface area contributed by atoms with Gasteiger partial charge in [-0.05, 0) is 42.7 Å². The number of carbonyl (C=O) groups excluding carboxylic acids is 1. The van der Waals surface area contributed by atoms with Crippen LogP contribution in [0.25, 0.3) is 0 Å². The van der Waals surface area contributed by atoms with Crippen molar-refractivity contribution >= 4 is 17.5 Å². The second-order valence-corrected chi connectivity index (χ2v) is 5.28. The molecule has 22 heavy (non-hydrogen) atoms. The smallest absolute Gasteiger partial charge is 0.220 e. The van der Waals surface area contributed by atoms with Gasteiger partial charge in [-0.25, -0.2) is 8.78 Å².